The molecule has 2 aromatic rings. The van der Waals surface area contributed by atoms with Gasteiger partial charge in [-0.15, -0.1) is 11.3 Å². The summed E-state index contributed by atoms with van der Waals surface area (Å²) in [6, 6.07) is 14.4. The van der Waals surface area contributed by atoms with Crippen LogP contribution in [0.15, 0.2) is 42.5 Å². The third-order valence-electron chi connectivity index (χ3n) is 5.30. The van der Waals surface area contributed by atoms with Gasteiger partial charge >= 0.3 is 0 Å². The number of hydrogen-bond donors (Lipinski definition) is 0. The summed E-state index contributed by atoms with van der Waals surface area (Å²) in [5, 5.41) is 0. The number of benzene rings is 1. The van der Waals surface area contributed by atoms with Crippen LogP contribution in [-0.4, -0.2) is 54.2 Å². The van der Waals surface area contributed by atoms with Gasteiger partial charge in [0.25, 0.3) is 5.91 Å². The Hall–Kier alpha value is -1.98. The number of aryl methyl sites for hydroxylation is 1. The standard InChI is InChI=1S/C22H28N2O2S/c1-17(25)20-12-13-21(27-20)22(26)23(2)19-11-7-15-24(16-19)14-6-10-18-8-4-3-5-9-18/h3-5,8-9,12-13,19H,6-7,10-11,14-16H2,1-2H3. The Kier molecular flexibility index (Phi) is 6.80. The van der Waals surface area contributed by atoms with E-state index < -0.39 is 0 Å². The van der Waals surface area contributed by atoms with Crippen molar-refractivity contribution in [1.29, 1.82) is 0 Å². The van der Waals surface area contributed by atoms with Crippen molar-refractivity contribution in [1.82, 2.24) is 9.80 Å². The maximum Gasteiger partial charge on any atom is 0.263 e. The second-order valence-corrected chi connectivity index (χ2v) is 8.41. The average molecular weight is 385 g/mol. The van der Waals surface area contributed by atoms with E-state index in [1.165, 1.54) is 23.8 Å². The highest BCUT2D eigenvalue weighted by Gasteiger charge is 2.27. The molecule has 1 saturated heterocycles. The molecule has 5 heteroatoms. The second kappa shape index (κ2) is 9.29. The van der Waals surface area contributed by atoms with E-state index in [0.717, 1.165) is 45.3 Å². The van der Waals surface area contributed by atoms with Crippen LogP contribution in [-0.2, 0) is 6.42 Å². The Balaban J connectivity index is 1.51. The fourth-order valence-electron chi connectivity index (χ4n) is 3.68. The molecule has 1 unspecified atom stereocenters. The first-order valence-electron chi connectivity index (χ1n) is 9.69. The highest BCUT2D eigenvalue weighted by Crippen LogP contribution is 2.22. The lowest BCUT2D eigenvalue weighted by atomic mass is 10.0. The van der Waals surface area contributed by atoms with Gasteiger partial charge in [-0.2, -0.15) is 0 Å². The zero-order valence-corrected chi connectivity index (χ0v) is 17.0. The largest absolute Gasteiger partial charge is 0.337 e. The summed E-state index contributed by atoms with van der Waals surface area (Å²) in [7, 11) is 1.90. The van der Waals surface area contributed by atoms with E-state index in [9.17, 15) is 9.59 Å². The number of piperidine rings is 1. The van der Waals surface area contributed by atoms with Gasteiger partial charge in [-0.05, 0) is 63.4 Å². The molecule has 0 spiro atoms. The fraction of sp³-hybridized carbons (Fsp3) is 0.455. The van der Waals surface area contributed by atoms with Gasteiger partial charge < -0.3 is 9.80 Å². The highest BCUT2D eigenvalue weighted by atomic mass is 32.1. The zero-order chi connectivity index (χ0) is 19.2. The van der Waals surface area contributed by atoms with Gasteiger partial charge in [-0.1, -0.05) is 30.3 Å². The van der Waals surface area contributed by atoms with E-state index in [2.05, 4.69) is 35.2 Å². The normalized spacial score (nSPS) is 17.6. The van der Waals surface area contributed by atoms with Crippen LogP contribution in [0.25, 0.3) is 0 Å². The maximum atomic E-state index is 12.8. The van der Waals surface area contributed by atoms with Crippen molar-refractivity contribution < 1.29 is 9.59 Å². The summed E-state index contributed by atoms with van der Waals surface area (Å²) < 4.78 is 0. The number of carbonyl (C=O) groups excluding carboxylic acids is 2. The number of Topliss-reactive ketones (excluding diaryl/α,β-unsaturated/α-hetero) is 1. The zero-order valence-electron chi connectivity index (χ0n) is 16.2. The summed E-state index contributed by atoms with van der Waals surface area (Å²) in [6.45, 7) is 4.65. The molecule has 1 amide bonds. The number of rotatable bonds is 7. The van der Waals surface area contributed by atoms with E-state index in [1.807, 2.05) is 11.9 Å². The first kappa shape index (κ1) is 19.8. The molecule has 1 fully saturated rings. The number of ketones is 1. The Bertz CT molecular complexity index is 772. The van der Waals surface area contributed by atoms with Gasteiger partial charge in [-0.25, -0.2) is 0 Å². The van der Waals surface area contributed by atoms with Gasteiger partial charge in [0.15, 0.2) is 5.78 Å². The molecule has 1 aliphatic rings. The van der Waals surface area contributed by atoms with Gasteiger partial charge in [0.1, 0.15) is 0 Å². The van der Waals surface area contributed by atoms with E-state index in [0.29, 0.717) is 9.75 Å². The third-order valence-corrected chi connectivity index (χ3v) is 6.47. The smallest absolute Gasteiger partial charge is 0.263 e. The molecular formula is C22H28N2O2S. The number of hydrogen-bond acceptors (Lipinski definition) is 4. The molecule has 1 aromatic heterocycles. The summed E-state index contributed by atoms with van der Waals surface area (Å²) >= 11 is 1.30. The lowest BCUT2D eigenvalue weighted by molar-refractivity contribution is 0.0621. The number of thiophene rings is 1. The minimum Gasteiger partial charge on any atom is -0.337 e. The van der Waals surface area contributed by atoms with Crippen LogP contribution in [0.3, 0.4) is 0 Å². The van der Waals surface area contributed by atoms with Crippen molar-refractivity contribution in [2.24, 2.45) is 0 Å². The summed E-state index contributed by atoms with van der Waals surface area (Å²) in [4.78, 5) is 29.9. The van der Waals surface area contributed by atoms with Gasteiger partial charge in [0, 0.05) is 19.6 Å². The van der Waals surface area contributed by atoms with Crippen LogP contribution in [0.1, 0.15) is 51.1 Å². The van der Waals surface area contributed by atoms with Crippen LogP contribution in [0.2, 0.25) is 0 Å². The van der Waals surface area contributed by atoms with Crippen molar-refractivity contribution in [2.75, 3.05) is 26.7 Å². The van der Waals surface area contributed by atoms with E-state index in [-0.39, 0.29) is 17.7 Å². The third kappa shape index (κ3) is 5.27. The maximum absolute atomic E-state index is 12.8. The van der Waals surface area contributed by atoms with Crippen LogP contribution in [0, 0.1) is 0 Å². The fourth-order valence-corrected chi connectivity index (χ4v) is 4.57. The van der Waals surface area contributed by atoms with Crippen LogP contribution < -0.4 is 0 Å². The average Bonchev–Trinajstić information content (AvgIpc) is 3.18. The summed E-state index contributed by atoms with van der Waals surface area (Å²) in [5.41, 5.74) is 1.39. The lowest BCUT2D eigenvalue weighted by Gasteiger charge is -2.37. The van der Waals surface area contributed by atoms with Crippen LogP contribution in [0.4, 0.5) is 0 Å². The first-order valence-corrected chi connectivity index (χ1v) is 10.5. The second-order valence-electron chi connectivity index (χ2n) is 7.32. The number of amides is 1. The minimum atomic E-state index is 0.0176. The van der Waals surface area contributed by atoms with Crippen molar-refractivity contribution in [3.63, 3.8) is 0 Å². The van der Waals surface area contributed by atoms with Crippen LogP contribution >= 0.6 is 11.3 Å². The molecule has 2 heterocycles. The van der Waals surface area contributed by atoms with Crippen molar-refractivity contribution >= 4 is 23.0 Å². The SMILES string of the molecule is CC(=O)c1ccc(C(=O)N(C)C2CCCN(CCCc3ccccc3)C2)s1. The van der Waals surface area contributed by atoms with Crippen molar-refractivity contribution in [3.8, 4) is 0 Å². The molecule has 1 aliphatic heterocycles. The van der Waals surface area contributed by atoms with Crippen molar-refractivity contribution in [2.45, 2.75) is 38.6 Å². The number of likely N-dealkylation sites (tertiary alicyclic amines) is 1. The molecular weight excluding hydrogens is 356 g/mol. The quantitative estimate of drug-likeness (QED) is 0.674. The van der Waals surface area contributed by atoms with Crippen molar-refractivity contribution in [3.05, 3.63) is 57.8 Å². The molecule has 1 atom stereocenters. The Morgan fingerprint density at radius 1 is 1.15 bits per heavy atom. The predicted molar refractivity (Wildman–Crippen MR) is 111 cm³/mol. The number of nitrogens with zero attached hydrogens (tertiary/aromatic N) is 2. The highest BCUT2D eigenvalue weighted by molar-refractivity contribution is 7.15. The Morgan fingerprint density at radius 3 is 2.59 bits per heavy atom. The number of likely N-dealkylation sites (N-methyl/N-ethyl adjacent to an activating group) is 1. The monoisotopic (exact) mass is 384 g/mol. The van der Waals surface area contributed by atoms with Gasteiger partial charge in [0.05, 0.1) is 9.75 Å². The molecule has 0 aliphatic carbocycles. The molecule has 0 saturated carbocycles. The van der Waals surface area contributed by atoms with E-state index in [4.69, 9.17) is 0 Å². The summed E-state index contributed by atoms with van der Waals surface area (Å²) in [6.07, 6.45) is 4.40. The molecule has 0 bridgehead atoms. The Morgan fingerprint density at radius 2 is 1.89 bits per heavy atom. The summed E-state index contributed by atoms with van der Waals surface area (Å²) in [5.74, 6) is 0.0487. The molecule has 1 aromatic carbocycles. The van der Waals surface area contributed by atoms with Gasteiger partial charge in [-0.3, -0.25) is 9.59 Å². The Labute approximate surface area is 165 Å². The molecule has 144 valence electrons. The molecule has 0 N–H and O–H groups in total. The number of carbonyl (C=O) groups is 2. The minimum absolute atomic E-state index is 0.0176. The first-order chi connectivity index (χ1) is 13.0. The molecule has 4 nitrogen and oxygen atoms in total. The van der Waals surface area contributed by atoms with Crippen LogP contribution in [0.5, 0.6) is 0 Å². The lowest BCUT2D eigenvalue weighted by Crippen LogP contribution is -2.48. The predicted octanol–water partition coefficient (Wildman–Crippen LogP) is 4.12. The molecule has 3 rings (SSSR count). The molecule has 0 radical (unpaired) electrons. The van der Waals surface area contributed by atoms with E-state index in [1.54, 1.807) is 12.1 Å². The van der Waals surface area contributed by atoms with E-state index >= 15 is 0 Å². The topological polar surface area (TPSA) is 40.6 Å². The van der Waals surface area contributed by atoms with Gasteiger partial charge in [0.2, 0.25) is 0 Å². The molecule has 27 heavy (non-hydrogen) atoms.